The number of carbonyl (C=O) groups is 4. The van der Waals surface area contributed by atoms with Crippen LogP contribution in [0.3, 0.4) is 0 Å². The van der Waals surface area contributed by atoms with E-state index in [2.05, 4.69) is 15.7 Å². The van der Waals surface area contributed by atoms with E-state index in [1.807, 2.05) is 14.1 Å². The Morgan fingerprint density at radius 3 is 2.33 bits per heavy atom. The first-order chi connectivity index (χ1) is 18.7. The van der Waals surface area contributed by atoms with E-state index in [1.54, 1.807) is 48.5 Å². The van der Waals surface area contributed by atoms with Gasteiger partial charge in [-0.1, -0.05) is 36.4 Å². The van der Waals surface area contributed by atoms with E-state index >= 15 is 0 Å². The molecule has 2 N–H and O–H groups in total. The Bertz CT molecular complexity index is 1370. The first-order valence-corrected chi connectivity index (χ1v) is 12.8. The van der Waals surface area contributed by atoms with Gasteiger partial charge < -0.3 is 9.64 Å². The van der Waals surface area contributed by atoms with Gasteiger partial charge in [0.2, 0.25) is 5.91 Å². The second-order valence-corrected chi connectivity index (χ2v) is 9.71. The maximum absolute atomic E-state index is 13.7. The van der Waals surface area contributed by atoms with Gasteiger partial charge in [0.05, 0.1) is 41.7 Å². The van der Waals surface area contributed by atoms with E-state index in [-0.39, 0.29) is 28.1 Å². The predicted octanol–water partition coefficient (Wildman–Crippen LogP) is 3.16. The summed E-state index contributed by atoms with van der Waals surface area (Å²) >= 11 is 0.971. The predicted molar refractivity (Wildman–Crippen MR) is 143 cm³/mol. The number of ketones is 1. The molecule has 11 nitrogen and oxygen atoms in total. The summed E-state index contributed by atoms with van der Waals surface area (Å²) in [4.78, 5) is 60.8. The Labute approximate surface area is 229 Å². The number of alkyl carbamates (subject to hydrolysis) is 1. The van der Waals surface area contributed by atoms with Crippen LogP contribution in [0.15, 0.2) is 64.6 Å². The lowest BCUT2D eigenvalue weighted by molar-refractivity contribution is -0.244. The highest BCUT2D eigenvalue weighted by Crippen LogP contribution is 2.44. The topological polar surface area (TPSA) is 127 Å². The van der Waals surface area contributed by atoms with Gasteiger partial charge in [-0.25, -0.2) is 9.69 Å². The Hall–Kier alpha value is -3.81. The second kappa shape index (κ2) is 12.4. The number of hydrogen-bond donors (Lipinski definition) is 2. The van der Waals surface area contributed by atoms with Crippen molar-refractivity contribution in [3.05, 3.63) is 76.4 Å². The zero-order valence-corrected chi connectivity index (χ0v) is 22.7. The minimum Gasteiger partial charge on any atom is -0.453 e. The number of hydrogen-bond acceptors (Lipinski definition) is 10. The molecule has 0 atom stereocenters. The summed E-state index contributed by atoms with van der Waals surface area (Å²) in [6.07, 6.45) is 0.0714. The van der Waals surface area contributed by atoms with Crippen LogP contribution in [0.4, 0.5) is 4.79 Å². The molecule has 0 spiro atoms. The number of hydroxylamine groups is 1. The molecule has 0 radical (unpaired) electrons. The van der Waals surface area contributed by atoms with E-state index in [4.69, 9.17) is 14.1 Å². The molecule has 2 aliphatic rings. The summed E-state index contributed by atoms with van der Waals surface area (Å²) in [5, 5.41) is 2.57. The largest absolute Gasteiger partial charge is 0.453 e. The lowest BCUT2D eigenvalue weighted by Crippen LogP contribution is -2.32. The maximum atomic E-state index is 13.7. The van der Waals surface area contributed by atoms with Gasteiger partial charge in [0.25, 0.3) is 5.91 Å². The monoisotopic (exact) mass is 552 g/mol. The number of benzene rings is 2. The molecule has 2 aromatic carbocycles. The first kappa shape index (κ1) is 28.2. The smallest absolute Gasteiger partial charge is 0.411 e. The van der Waals surface area contributed by atoms with Crippen molar-refractivity contribution in [1.82, 2.24) is 20.6 Å². The van der Waals surface area contributed by atoms with Crippen LogP contribution in [0.2, 0.25) is 0 Å². The molecule has 0 saturated heterocycles. The Balaban J connectivity index is 1.65. The van der Waals surface area contributed by atoms with Crippen LogP contribution in [-0.2, 0) is 23.6 Å². The Morgan fingerprint density at radius 1 is 1.00 bits per heavy atom. The number of imide groups is 1. The highest BCUT2D eigenvalue weighted by molar-refractivity contribution is 7.94. The van der Waals surface area contributed by atoms with Gasteiger partial charge in [-0.05, 0) is 44.8 Å². The SMILES string of the molecule is COC(=O)NC1=C2C(=O)N(C(C)=O)C(c3ccc(SOONCCCN(C)C)cc3)=C2C(=O)c2ccccc21. The molecule has 0 fully saturated rings. The van der Waals surface area contributed by atoms with Crippen LogP contribution >= 0.6 is 12.0 Å². The van der Waals surface area contributed by atoms with E-state index in [0.29, 0.717) is 22.6 Å². The van der Waals surface area contributed by atoms with Gasteiger partial charge in [0.15, 0.2) is 5.78 Å². The number of rotatable bonds is 10. The standard InChI is InChI=1S/C27H28N4O7S/c1-16(32)31-24(17-10-12-18(13-11-17)39-38-37-28-14-7-15-30(2)3)22-21(26(31)34)23(29-27(35)36-4)19-8-5-6-9-20(19)25(22)33/h5-6,8-13,28H,7,14-15H2,1-4H3,(H,29,35). The van der Waals surface area contributed by atoms with Crippen LogP contribution < -0.4 is 10.8 Å². The third-order valence-electron chi connectivity index (χ3n) is 6.01. The van der Waals surface area contributed by atoms with Gasteiger partial charge in [-0.2, -0.15) is 5.48 Å². The van der Waals surface area contributed by atoms with Crippen LogP contribution in [0.1, 0.15) is 34.8 Å². The molecule has 3 amide bonds. The Morgan fingerprint density at radius 2 is 1.69 bits per heavy atom. The summed E-state index contributed by atoms with van der Waals surface area (Å²) in [7, 11) is 5.17. The first-order valence-electron chi connectivity index (χ1n) is 12.1. The van der Waals surface area contributed by atoms with Gasteiger partial charge in [-0.3, -0.25) is 19.7 Å². The average Bonchev–Trinajstić information content (AvgIpc) is 3.23. The summed E-state index contributed by atoms with van der Waals surface area (Å²) in [5.74, 6) is -1.72. The average molecular weight is 553 g/mol. The van der Waals surface area contributed by atoms with Crippen molar-refractivity contribution in [1.29, 1.82) is 0 Å². The van der Waals surface area contributed by atoms with E-state index in [0.717, 1.165) is 29.9 Å². The van der Waals surface area contributed by atoms with Crippen molar-refractivity contribution in [3.8, 4) is 0 Å². The molecule has 4 rings (SSSR count). The zero-order chi connectivity index (χ0) is 28.1. The van der Waals surface area contributed by atoms with Gasteiger partial charge in [0.1, 0.15) is 0 Å². The summed E-state index contributed by atoms with van der Waals surface area (Å²) in [6.45, 7) is 2.76. The minimum absolute atomic E-state index is 0.0298. The number of fused-ring (bicyclic) bond motifs is 2. The number of methoxy groups -OCH3 is 1. The number of ether oxygens (including phenoxy) is 1. The van der Waals surface area contributed by atoms with Crippen molar-refractivity contribution in [2.75, 3.05) is 34.3 Å². The number of Topliss-reactive ketones (excluding diaryl/α,β-unsaturated/α-hetero) is 1. The third kappa shape index (κ3) is 5.95. The maximum Gasteiger partial charge on any atom is 0.411 e. The molecule has 39 heavy (non-hydrogen) atoms. The van der Waals surface area contributed by atoms with Crippen LogP contribution in [0.25, 0.3) is 11.4 Å². The van der Waals surface area contributed by atoms with Gasteiger partial charge in [0, 0.05) is 29.5 Å². The fraction of sp³-hybridized carbons (Fsp3) is 0.259. The van der Waals surface area contributed by atoms with Crippen molar-refractivity contribution < 1.29 is 33.2 Å². The van der Waals surface area contributed by atoms with Gasteiger partial charge in [-0.15, -0.1) is 9.32 Å². The fourth-order valence-electron chi connectivity index (χ4n) is 4.29. The molecule has 0 unspecified atom stereocenters. The summed E-state index contributed by atoms with van der Waals surface area (Å²) < 4.78 is 9.86. The van der Waals surface area contributed by atoms with Crippen molar-refractivity contribution in [2.24, 2.45) is 0 Å². The van der Waals surface area contributed by atoms with Crippen LogP contribution in [0, 0.1) is 0 Å². The zero-order valence-electron chi connectivity index (χ0n) is 21.9. The van der Waals surface area contributed by atoms with Crippen molar-refractivity contribution in [2.45, 2.75) is 18.2 Å². The number of carbonyl (C=O) groups excluding carboxylic acids is 4. The quantitative estimate of drug-likeness (QED) is 0.196. The van der Waals surface area contributed by atoms with E-state index < -0.39 is 23.7 Å². The summed E-state index contributed by atoms with van der Waals surface area (Å²) in [6, 6.07) is 13.4. The van der Waals surface area contributed by atoms with Gasteiger partial charge >= 0.3 is 6.09 Å². The van der Waals surface area contributed by atoms with Crippen molar-refractivity contribution >= 4 is 47.1 Å². The summed E-state index contributed by atoms with van der Waals surface area (Å²) in [5.41, 5.74) is 4.04. The molecular weight excluding hydrogens is 524 g/mol. The molecular formula is C27H28N4O7S. The number of nitrogens with one attached hydrogen (secondary N) is 2. The molecule has 0 aromatic heterocycles. The molecule has 0 saturated carbocycles. The molecule has 0 bridgehead atoms. The fourth-order valence-corrected chi connectivity index (χ4v) is 4.69. The highest BCUT2D eigenvalue weighted by Gasteiger charge is 2.46. The third-order valence-corrected chi connectivity index (χ3v) is 6.61. The molecule has 2 aromatic rings. The lowest BCUT2D eigenvalue weighted by Gasteiger charge is -2.21. The minimum atomic E-state index is -0.813. The van der Waals surface area contributed by atoms with E-state index in [1.165, 1.54) is 14.0 Å². The molecule has 1 aliphatic heterocycles. The molecule has 1 heterocycles. The van der Waals surface area contributed by atoms with Crippen LogP contribution in [0.5, 0.6) is 0 Å². The normalized spacial score (nSPS) is 14.6. The molecule has 12 heteroatoms. The van der Waals surface area contributed by atoms with Crippen molar-refractivity contribution in [3.63, 3.8) is 0 Å². The highest BCUT2D eigenvalue weighted by atomic mass is 32.2. The number of amides is 3. The van der Waals surface area contributed by atoms with Crippen LogP contribution in [-0.4, -0.2) is 67.8 Å². The number of nitrogens with zero attached hydrogens (tertiary/aromatic N) is 2. The van der Waals surface area contributed by atoms with E-state index in [9.17, 15) is 19.2 Å². The molecule has 1 aliphatic carbocycles. The Kier molecular flexibility index (Phi) is 8.94. The molecule has 204 valence electrons. The lowest BCUT2D eigenvalue weighted by atomic mass is 9.84. The second-order valence-electron chi connectivity index (χ2n) is 8.93.